The van der Waals surface area contributed by atoms with Gasteiger partial charge in [-0.3, -0.25) is 4.79 Å². The maximum atomic E-state index is 12.9. The molecule has 0 saturated carbocycles. The molecule has 0 aliphatic carbocycles. The smallest absolute Gasteiger partial charge is 0.274 e. The number of ether oxygens (including phenoxy) is 1. The zero-order valence-corrected chi connectivity index (χ0v) is 15.3. The van der Waals surface area contributed by atoms with Crippen LogP contribution in [0, 0.1) is 0 Å². The van der Waals surface area contributed by atoms with Crippen LogP contribution in [-0.2, 0) is 0 Å². The van der Waals surface area contributed by atoms with E-state index in [1.54, 1.807) is 47.5 Å². The summed E-state index contributed by atoms with van der Waals surface area (Å²) in [6.07, 6.45) is 1.56. The van der Waals surface area contributed by atoms with Crippen LogP contribution in [0.3, 0.4) is 0 Å². The number of nitrogens with one attached hydrogen (secondary N) is 1. The van der Waals surface area contributed by atoms with Gasteiger partial charge < -0.3 is 10.1 Å². The Balaban J connectivity index is 1.70. The lowest BCUT2D eigenvalue weighted by Crippen LogP contribution is -2.17. The van der Waals surface area contributed by atoms with Crippen molar-refractivity contribution in [2.45, 2.75) is 0 Å². The Labute approximate surface area is 160 Å². The van der Waals surface area contributed by atoms with Crippen molar-refractivity contribution in [3.05, 3.63) is 77.9 Å². The molecular weight excluding hydrogens is 360 g/mol. The van der Waals surface area contributed by atoms with Crippen LogP contribution in [0.25, 0.3) is 16.3 Å². The lowest BCUT2D eigenvalue weighted by atomic mass is 10.2. The molecule has 0 aliphatic rings. The van der Waals surface area contributed by atoms with E-state index < -0.39 is 0 Å². The normalized spacial score (nSPS) is 10.6. The summed E-state index contributed by atoms with van der Waals surface area (Å²) in [5, 5.41) is 9.49. The van der Waals surface area contributed by atoms with Crippen LogP contribution in [0.5, 0.6) is 5.88 Å². The van der Waals surface area contributed by atoms with E-state index in [0.717, 1.165) is 16.3 Å². The van der Waals surface area contributed by atoms with E-state index in [2.05, 4.69) is 15.4 Å². The average Bonchev–Trinajstić information content (AvgIpc) is 3.39. The molecule has 0 bridgehead atoms. The van der Waals surface area contributed by atoms with Gasteiger partial charge in [0.2, 0.25) is 5.88 Å². The molecule has 134 valence electrons. The van der Waals surface area contributed by atoms with Crippen LogP contribution < -0.4 is 10.1 Å². The van der Waals surface area contributed by atoms with Gasteiger partial charge in [0, 0.05) is 6.07 Å². The van der Waals surface area contributed by atoms with E-state index >= 15 is 0 Å². The summed E-state index contributed by atoms with van der Waals surface area (Å²) in [5.41, 5.74) is 2.60. The molecule has 27 heavy (non-hydrogen) atoms. The van der Waals surface area contributed by atoms with Crippen molar-refractivity contribution < 1.29 is 9.53 Å². The molecule has 1 amide bonds. The zero-order valence-electron chi connectivity index (χ0n) is 14.5. The van der Waals surface area contributed by atoms with Crippen molar-refractivity contribution in [3.8, 4) is 22.1 Å². The van der Waals surface area contributed by atoms with Gasteiger partial charge >= 0.3 is 0 Å². The zero-order chi connectivity index (χ0) is 18.6. The van der Waals surface area contributed by atoms with E-state index in [4.69, 9.17) is 4.74 Å². The van der Waals surface area contributed by atoms with E-state index in [1.165, 1.54) is 0 Å². The largest absolute Gasteiger partial charge is 0.481 e. The number of carbonyl (C=O) groups is 1. The third-order valence-electron chi connectivity index (χ3n) is 3.92. The topological polar surface area (TPSA) is 69.0 Å². The van der Waals surface area contributed by atoms with Crippen LogP contribution >= 0.6 is 11.3 Å². The summed E-state index contributed by atoms with van der Waals surface area (Å²) in [6.45, 7) is 0. The Kier molecular flexibility index (Phi) is 4.67. The minimum atomic E-state index is -0.263. The highest BCUT2D eigenvalue weighted by Gasteiger charge is 2.18. The number of methoxy groups -OCH3 is 1. The van der Waals surface area contributed by atoms with Gasteiger partial charge in [0.05, 0.1) is 29.6 Å². The van der Waals surface area contributed by atoms with Crippen molar-refractivity contribution in [2.24, 2.45) is 0 Å². The van der Waals surface area contributed by atoms with Crippen molar-refractivity contribution in [2.75, 3.05) is 12.4 Å². The fourth-order valence-electron chi connectivity index (χ4n) is 2.62. The summed E-state index contributed by atoms with van der Waals surface area (Å²) < 4.78 is 6.70. The number of anilines is 1. The Morgan fingerprint density at radius 1 is 1.11 bits per heavy atom. The molecule has 0 unspecified atom stereocenters. The Bertz CT molecular complexity index is 1040. The number of aromatic nitrogens is 3. The summed E-state index contributed by atoms with van der Waals surface area (Å²) >= 11 is 1.58. The van der Waals surface area contributed by atoms with Gasteiger partial charge in [-0.15, -0.1) is 11.3 Å². The first-order chi connectivity index (χ1) is 13.2. The van der Waals surface area contributed by atoms with E-state index in [0.29, 0.717) is 17.3 Å². The molecule has 1 N–H and O–H groups in total. The number of nitrogens with zero attached hydrogens (tertiary/aromatic N) is 3. The van der Waals surface area contributed by atoms with E-state index in [1.807, 2.05) is 47.8 Å². The van der Waals surface area contributed by atoms with Gasteiger partial charge in [0.1, 0.15) is 11.4 Å². The fourth-order valence-corrected chi connectivity index (χ4v) is 3.31. The minimum Gasteiger partial charge on any atom is -0.481 e. The van der Waals surface area contributed by atoms with Crippen molar-refractivity contribution >= 4 is 22.9 Å². The van der Waals surface area contributed by atoms with Gasteiger partial charge in [0.15, 0.2) is 0 Å². The monoisotopic (exact) mass is 376 g/mol. The lowest BCUT2D eigenvalue weighted by molar-refractivity contribution is 0.101. The van der Waals surface area contributed by atoms with Gasteiger partial charge in [-0.05, 0) is 35.7 Å². The first kappa shape index (κ1) is 17.0. The van der Waals surface area contributed by atoms with Crippen LogP contribution in [-0.4, -0.2) is 27.8 Å². The van der Waals surface area contributed by atoms with Gasteiger partial charge in [-0.25, -0.2) is 9.67 Å². The number of amides is 1. The fraction of sp³-hybridized carbons (Fsp3) is 0.0500. The van der Waals surface area contributed by atoms with Gasteiger partial charge in [0.25, 0.3) is 5.91 Å². The second kappa shape index (κ2) is 7.43. The van der Waals surface area contributed by atoms with Crippen molar-refractivity contribution in [3.63, 3.8) is 0 Å². The van der Waals surface area contributed by atoms with Crippen LogP contribution in [0.15, 0.2) is 72.2 Å². The molecule has 6 nitrogen and oxygen atoms in total. The maximum absolute atomic E-state index is 12.9. The number of carbonyl (C=O) groups excluding carboxylic acids is 1. The quantitative estimate of drug-likeness (QED) is 0.565. The first-order valence-electron chi connectivity index (χ1n) is 8.25. The van der Waals surface area contributed by atoms with Crippen molar-refractivity contribution in [1.29, 1.82) is 0 Å². The SMILES string of the molecule is COc1ccc(NC(=O)c2cc(-c3cccs3)nn2-c2ccccc2)cn1. The standard InChI is InChI=1S/C20H16N4O2S/c1-26-19-10-9-14(13-21-19)22-20(25)17-12-16(18-8-5-11-27-18)23-24(17)15-6-3-2-4-7-15/h2-13H,1H3,(H,22,25). The highest BCUT2D eigenvalue weighted by Crippen LogP contribution is 2.26. The van der Waals surface area contributed by atoms with E-state index in [9.17, 15) is 4.79 Å². The highest BCUT2D eigenvalue weighted by molar-refractivity contribution is 7.13. The van der Waals surface area contributed by atoms with Crippen LogP contribution in [0.1, 0.15) is 10.5 Å². The Hall–Kier alpha value is -3.45. The number of pyridine rings is 1. The number of thiophene rings is 1. The molecule has 0 fully saturated rings. The first-order valence-corrected chi connectivity index (χ1v) is 9.13. The van der Waals surface area contributed by atoms with Crippen LogP contribution in [0.2, 0.25) is 0 Å². The Morgan fingerprint density at radius 3 is 2.63 bits per heavy atom. The third kappa shape index (κ3) is 3.58. The molecule has 4 aromatic rings. The molecule has 0 saturated heterocycles. The van der Waals surface area contributed by atoms with E-state index in [-0.39, 0.29) is 5.91 Å². The number of hydrogen-bond donors (Lipinski definition) is 1. The molecule has 0 atom stereocenters. The second-order valence-corrected chi connectivity index (χ2v) is 6.63. The minimum absolute atomic E-state index is 0.263. The highest BCUT2D eigenvalue weighted by atomic mass is 32.1. The molecule has 0 spiro atoms. The maximum Gasteiger partial charge on any atom is 0.274 e. The molecule has 3 aromatic heterocycles. The van der Waals surface area contributed by atoms with Gasteiger partial charge in [-0.1, -0.05) is 24.3 Å². The number of benzene rings is 1. The second-order valence-electron chi connectivity index (χ2n) is 5.68. The molecule has 7 heteroatoms. The summed E-state index contributed by atoms with van der Waals surface area (Å²) in [6, 6.07) is 18.8. The molecule has 1 aromatic carbocycles. The molecule has 0 aliphatic heterocycles. The molecule has 3 heterocycles. The predicted octanol–water partition coefficient (Wildman–Crippen LogP) is 4.26. The molecule has 0 radical (unpaired) electrons. The Morgan fingerprint density at radius 2 is 1.96 bits per heavy atom. The number of para-hydroxylation sites is 1. The lowest BCUT2D eigenvalue weighted by Gasteiger charge is -2.08. The number of rotatable bonds is 5. The summed E-state index contributed by atoms with van der Waals surface area (Å²) in [5.74, 6) is 0.225. The number of hydrogen-bond acceptors (Lipinski definition) is 5. The van der Waals surface area contributed by atoms with Crippen LogP contribution in [0.4, 0.5) is 5.69 Å². The average molecular weight is 376 g/mol. The predicted molar refractivity (Wildman–Crippen MR) is 106 cm³/mol. The van der Waals surface area contributed by atoms with Gasteiger partial charge in [-0.2, -0.15) is 5.10 Å². The molecular formula is C20H16N4O2S. The van der Waals surface area contributed by atoms with Crippen molar-refractivity contribution in [1.82, 2.24) is 14.8 Å². The molecule has 4 rings (SSSR count). The summed E-state index contributed by atoms with van der Waals surface area (Å²) in [7, 11) is 1.55. The summed E-state index contributed by atoms with van der Waals surface area (Å²) in [4.78, 5) is 18.0. The third-order valence-corrected chi connectivity index (χ3v) is 4.81.